The number of nitrogens with zero attached hydrogens (tertiary/aromatic N) is 1. The highest BCUT2D eigenvalue weighted by Gasteiger charge is 2.14. The summed E-state index contributed by atoms with van der Waals surface area (Å²) in [7, 11) is 1.97. The van der Waals surface area contributed by atoms with Crippen LogP contribution in [0.2, 0.25) is 0 Å². The number of benzene rings is 1. The summed E-state index contributed by atoms with van der Waals surface area (Å²) in [6.07, 6.45) is 1.02. The molecule has 0 saturated carbocycles. The standard InChI is InChI=1S/C12H17ClFN/c1-4-9(2)15(3)12-7-5-6-11(14)10(12)8-13/h5-7,9H,4,8H2,1-3H3. The van der Waals surface area contributed by atoms with Crippen molar-refractivity contribution in [2.75, 3.05) is 11.9 Å². The zero-order chi connectivity index (χ0) is 11.4. The Bertz CT molecular complexity index is 327. The Hall–Kier alpha value is -0.760. The maximum atomic E-state index is 13.5. The van der Waals surface area contributed by atoms with Crippen molar-refractivity contribution < 1.29 is 4.39 Å². The molecular formula is C12H17ClFN. The van der Waals surface area contributed by atoms with E-state index in [9.17, 15) is 4.39 Å². The summed E-state index contributed by atoms with van der Waals surface area (Å²) in [6, 6.07) is 5.46. The van der Waals surface area contributed by atoms with Gasteiger partial charge in [0.2, 0.25) is 0 Å². The van der Waals surface area contributed by atoms with Crippen LogP contribution in [0.25, 0.3) is 0 Å². The lowest BCUT2D eigenvalue weighted by Crippen LogP contribution is -2.29. The Morgan fingerprint density at radius 3 is 2.67 bits per heavy atom. The van der Waals surface area contributed by atoms with Crippen molar-refractivity contribution in [3.05, 3.63) is 29.6 Å². The quantitative estimate of drug-likeness (QED) is 0.710. The molecule has 0 N–H and O–H groups in total. The fraction of sp³-hybridized carbons (Fsp3) is 0.500. The second kappa shape index (κ2) is 5.36. The van der Waals surface area contributed by atoms with Gasteiger partial charge in [0.1, 0.15) is 5.82 Å². The van der Waals surface area contributed by atoms with Crippen molar-refractivity contribution in [3.63, 3.8) is 0 Å². The minimum absolute atomic E-state index is 0.211. The molecule has 3 heteroatoms. The number of alkyl halides is 1. The van der Waals surface area contributed by atoms with Gasteiger partial charge in [0.05, 0.1) is 5.88 Å². The number of hydrogen-bond donors (Lipinski definition) is 0. The van der Waals surface area contributed by atoms with Crippen molar-refractivity contribution in [1.82, 2.24) is 0 Å². The lowest BCUT2D eigenvalue weighted by atomic mass is 10.1. The molecule has 1 atom stereocenters. The monoisotopic (exact) mass is 229 g/mol. The number of anilines is 1. The zero-order valence-corrected chi connectivity index (χ0v) is 10.2. The Balaban J connectivity index is 3.07. The molecule has 0 spiro atoms. The Morgan fingerprint density at radius 2 is 2.13 bits per heavy atom. The Kier molecular flexibility index (Phi) is 4.40. The van der Waals surface area contributed by atoms with Crippen molar-refractivity contribution in [1.29, 1.82) is 0 Å². The molecule has 0 fully saturated rings. The first-order chi connectivity index (χ1) is 7.11. The van der Waals surface area contributed by atoms with E-state index in [2.05, 4.69) is 18.7 Å². The molecule has 0 aliphatic rings. The Labute approximate surface area is 95.8 Å². The zero-order valence-electron chi connectivity index (χ0n) is 9.43. The summed E-state index contributed by atoms with van der Waals surface area (Å²) >= 11 is 5.76. The molecule has 0 radical (unpaired) electrons. The first-order valence-corrected chi connectivity index (χ1v) is 5.71. The molecule has 1 unspecified atom stereocenters. The van der Waals surface area contributed by atoms with Crippen LogP contribution in [0.3, 0.4) is 0 Å². The number of halogens is 2. The first-order valence-electron chi connectivity index (χ1n) is 5.18. The van der Waals surface area contributed by atoms with Crippen LogP contribution in [-0.4, -0.2) is 13.1 Å². The van der Waals surface area contributed by atoms with E-state index in [4.69, 9.17) is 11.6 Å². The second-order valence-electron chi connectivity index (χ2n) is 3.74. The molecule has 0 bridgehead atoms. The molecule has 1 rings (SSSR count). The van der Waals surface area contributed by atoms with Gasteiger partial charge in [-0.05, 0) is 25.5 Å². The van der Waals surface area contributed by atoms with Gasteiger partial charge < -0.3 is 4.90 Å². The van der Waals surface area contributed by atoms with Gasteiger partial charge in [-0.1, -0.05) is 13.0 Å². The molecule has 0 saturated heterocycles. The molecule has 1 nitrogen and oxygen atoms in total. The van der Waals surface area contributed by atoms with E-state index >= 15 is 0 Å². The minimum atomic E-state index is -0.224. The van der Waals surface area contributed by atoms with Gasteiger partial charge in [-0.25, -0.2) is 4.39 Å². The summed E-state index contributed by atoms with van der Waals surface area (Å²) in [4.78, 5) is 2.07. The topological polar surface area (TPSA) is 3.24 Å². The highest BCUT2D eigenvalue weighted by molar-refractivity contribution is 6.17. The average Bonchev–Trinajstić information content (AvgIpc) is 2.26. The second-order valence-corrected chi connectivity index (χ2v) is 4.01. The first kappa shape index (κ1) is 12.3. The molecule has 84 valence electrons. The van der Waals surface area contributed by atoms with E-state index in [1.54, 1.807) is 6.07 Å². The third-order valence-electron chi connectivity index (χ3n) is 2.86. The van der Waals surface area contributed by atoms with Crippen LogP contribution in [-0.2, 0) is 5.88 Å². The summed E-state index contributed by atoms with van der Waals surface area (Å²) in [5, 5.41) is 0. The Morgan fingerprint density at radius 1 is 1.47 bits per heavy atom. The van der Waals surface area contributed by atoms with Crippen molar-refractivity contribution in [3.8, 4) is 0 Å². The fourth-order valence-electron chi connectivity index (χ4n) is 1.52. The predicted octanol–water partition coefficient (Wildman–Crippen LogP) is 3.80. The van der Waals surface area contributed by atoms with Crippen LogP contribution in [0.15, 0.2) is 18.2 Å². The molecule has 0 heterocycles. The van der Waals surface area contributed by atoms with Gasteiger partial charge in [0.25, 0.3) is 0 Å². The van der Waals surface area contributed by atoms with Crippen LogP contribution in [0.1, 0.15) is 25.8 Å². The highest BCUT2D eigenvalue weighted by atomic mass is 35.5. The normalized spacial score (nSPS) is 12.6. The molecule has 0 aromatic heterocycles. The maximum absolute atomic E-state index is 13.5. The lowest BCUT2D eigenvalue weighted by Gasteiger charge is -2.28. The molecule has 1 aromatic rings. The summed E-state index contributed by atoms with van der Waals surface area (Å²) in [5.74, 6) is -0.0133. The number of rotatable bonds is 4. The van der Waals surface area contributed by atoms with Crippen LogP contribution < -0.4 is 4.90 Å². The van der Waals surface area contributed by atoms with Crippen LogP contribution in [0, 0.1) is 5.82 Å². The van der Waals surface area contributed by atoms with Crippen molar-refractivity contribution in [2.24, 2.45) is 0 Å². The van der Waals surface area contributed by atoms with Crippen molar-refractivity contribution >= 4 is 17.3 Å². The molecule has 0 amide bonds. The third-order valence-corrected chi connectivity index (χ3v) is 3.13. The molecule has 15 heavy (non-hydrogen) atoms. The largest absolute Gasteiger partial charge is 0.372 e. The predicted molar refractivity (Wildman–Crippen MR) is 64.1 cm³/mol. The SMILES string of the molecule is CCC(C)N(C)c1cccc(F)c1CCl. The minimum Gasteiger partial charge on any atom is -0.372 e. The van der Waals surface area contributed by atoms with Gasteiger partial charge in [-0.3, -0.25) is 0 Å². The summed E-state index contributed by atoms with van der Waals surface area (Å²) in [5.41, 5.74) is 1.47. The molecule has 0 aliphatic heterocycles. The van der Waals surface area contributed by atoms with Gasteiger partial charge in [0.15, 0.2) is 0 Å². The van der Waals surface area contributed by atoms with E-state index < -0.39 is 0 Å². The van der Waals surface area contributed by atoms with Crippen LogP contribution >= 0.6 is 11.6 Å². The lowest BCUT2D eigenvalue weighted by molar-refractivity contribution is 0.610. The van der Waals surface area contributed by atoms with E-state index in [-0.39, 0.29) is 11.7 Å². The summed E-state index contributed by atoms with van der Waals surface area (Å²) in [6.45, 7) is 4.23. The van der Waals surface area contributed by atoms with Crippen molar-refractivity contribution in [2.45, 2.75) is 32.2 Å². The molecular weight excluding hydrogens is 213 g/mol. The van der Waals surface area contributed by atoms with Gasteiger partial charge in [0, 0.05) is 24.3 Å². The van der Waals surface area contributed by atoms with E-state index in [0.717, 1.165) is 12.1 Å². The van der Waals surface area contributed by atoms with Gasteiger partial charge in [-0.2, -0.15) is 0 Å². The van der Waals surface area contributed by atoms with E-state index in [1.807, 2.05) is 13.1 Å². The summed E-state index contributed by atoms with van der Waals surface area (Å²) < 4.78 is 13.5. The van der Waals surface area contributed by atoms with Crippen LogP contribution in [0.5, 0.6) is 0 Å². The number of hydrogen-bond acceptors (Lipinski definition) is 1. The average molecular weight is 230 g/mol. The molecule has 1 aromatic carbocycles. The van der Waals surface area contributed by atoms with Gasteiger partial charge in [-0.15, -0.1) is 11.6 Å². The van der Waals surface area contributed by atoms with E-state index in [1.165, 1.54) is 6.07 Å². The highest BCUT2D eigenvalue weighted by Crippen LogP contribution is 2.25. The van der Waals surface area contributed by atoms with E-state index in [0.29, 0.717) is 11.6 Å². The maximum Gasteiger partial charge on any atom is 0.129 e. The fourth-order valence-corrected chi connectivity index (χ4v) is 1.79. The third kappa shape index (κ3) is 2.63. The van der Waals surface area contributed by atoms with Gasteiger partial charge >= 0.3 is 0 Å². The van der Waals surface area contributed by atoms with Crippen LogP contribution in [0.4, 0.5) is 10.1 Å². The smallest absolute Gasteiger partial charge is 0.129 e. The molecule has 0 aliphatic carbocycles.